The highest BCUT2D eigenvalue weighted by Crippen LogP contribution is 2.52. The number of imide groups is 1. The molecule has 4 rings (SSSR count). The molecule has 2 fully saturated rings. The monoisotopic (exact) mass is 398 g/mol. The van der Waals surface area contributed by atoms with E-state index in [9.17, 15) is 9.59 Å². The summed E-state index contributed by atoms with van der Waals surface area (Å²) in [6.45, 7) is 4.46. The molecule has 7 heteroatoms. The first kappa shape index (κ1) is 19.7. The Bertz CT molecular complexity index is 756. The molecule has 0 radical (unpaired) electrons. The number of likely N-dealkylation sites (tertiary alicyclic amines) is 1. The Morgan fingerprint density at radius 2 is 1.90 bits per heavy atom. The molecule has 0 aromatic carbocycles. The van der Waals surface area contributed by atoms with Gasteiger partial charge in [-0.25, -0.2) is 0 Å². The van der Waals surface area contributed by atoms with Crippen LogP contribution in [0.1, 0.15) is 31.9 Å². The molecule has 4 atom stereocenters. The van der Waals surface area contributed by atoms with Crippen LogP contribution in [0.15, 0.2) is 40.0 Å². The number of furan rings is 1. The highest BCUT2D eigenvalue weighted by atomic mass is 16.3. The number of hydrogen-bond donors (Lipinski definition) is 2. The zero-order valence-corrected chi connectivity index (χ0v) is 17.0. The first-order valence-corrected chi connectivity index (χ1v) is 10.8. The second-order valence-corrected chi connectivity index (χ2v) is 8.09. The van der Waals surface area contributed by atoms with Gasteiger partial charge in [0, 0.05) is 32.6 Å². The van der Waals surface area contributed by atoms with Crippen molar-refractivity contribution in [3.63, 3.8) is 0 Å². The summed E-state index contributed by atoms with van der Waals surface area (Å²) in [7, 11) is 0. The number of hydrogen-bond acceptors (Lipinski definition) is 4. The minimum absolute atomic E-state index is 0.00824. The molecule has 2 amide bonds. The predicted octanol–water partition coefficient (Wildman–Crippen LogP) is 1.96. The van der Waals surface area contributed by atoms with E-state index in [1.807, 2.05) is 12.1 Å². The lowest BCUT2D eigenvalue weighted by Crippen LogP contribution is -2.44. The second kappa shape index (κ2) is 8.84. The molecule has 1 aromatic rings. The van der Waals surface area contributed by atoms with Crippen LogP contribution in [0, 0.1) is 23.7 Å². The third-order valence-electron chi connectivity index (χ3n) is 6.22. The largest absolute Gasteiger partial charge is 0.469 e. The quantitative estimate of drug-likeness (QED) is 0.218. The number of nitrogens with zero attached hydrogens (tertiary/aromatic N) is 2. The van der Waals surface area contributed by atoms with Crippen molar-refractivity contribution in [3.8, 4) is 0 Å². The van der Waals surface area contributed by atoms with Crippen LogP contribution in [0.3, 0.4) is 0 Å². The number of amides is 2. The Hall–Kier alpha value is -2.57. The fraction of sp³-hybridized carbons (Fsp3) is 0.591. The molecule has 2 N–H and O–H groups in total. The Kier molecular flexibility index (Phi) is 6.02. The maximum absolute atomic E-state index is 12.8. The summed E-state index contributed by atoms with van der Waals surface area (Å²) < 4.78 is 5.36. The van der Waals surface area contributed by atoms with Crippen molar-refractivity contribution in [3.05, 3.63) is 36.3 Å². The van der Waals surface area contributed by atoms with E-state index in [4.69, 9.17) is 4.42 Å². The zero-order valence-electron chi connectivity index (χ0n) is 17.0. The summed E-state index contributed by atoms with van der Waals surface area (Å²) in [6.07, 6.45) is 9.76. The first-order chi connectivity index (χ1) is 14.2. The van der Waals surface area contributed by atoms with Gasteiger partial charge in [-0.05, 0) is 36.8 Å². The molecular formula is C22H30N4O3. The number of carbonyl (C=O) groups is 2. The van der Waals surface area contributed by atoms with Gasteiger partial charge in [-0.15, -0.1) is 0 Å². The molecule has 156 valence electrons. The molecule has 2 bridgehead atoms. The van der Waals surface area contributed by atoms with Crippen LogP contribution < -0.4 is 10.6 Å². The summed E-state index contributed by atoms with van der Waals surface area (Å²) >= 11 is 0. The molecule has 0 spiro atoms. The number of guanidine groups is 1. The van der Waals surface area contributed by atoms with Crippen LogP contribution in [0.4, 0.5) is 0 Å². The summed E-state index contributed by atoms with van der Waals surface area (Å²) in [5.41, 5.74) is 0. The SMILES string of the molecule is CCCCN=C(NCCc1ccco1)NCCN1C(=O)C2C3C=CC(C3)C2C1=O. The maximum Gasteiger partial charge on any atom is 0.233 e. The average Bonchev–Trinajstić information content (AvgIpc) is 3.49. The molecule has 1 saturated heterocycles. The third-order valence-corrected chi connectivity index (χ3v) is 6.22. The fourth-order valence-corrected chi connectivity index (χ4v) is 4.75. The Morgan fingerprint density at radius 1 is 1.17 bits per heavy atom. The fourth-order valence-electron chi connectivity index (χ4n) is 4.75. The number of carbonyl (C=O) groups excluding carboxylic acids is 2. The van der Waals surface area contributed by atoms with E-state index in [1.165, 1.54) is 4.90 Å². The van der Waals surface area contributed by atoms with E-state index in [1.54, 1.807) is 6.26 Å². The highest BCUT2D eigenvalue weighted by Gasteiger charge is 2.58. The molecule has 3 aliphatic rings. The van der Waals surface area contributed by atoms with Gasteiger partial charge in [0.2, 0.25) is 11.8 Å². The van der Waals surface area contributed by atoms with Crippen molar-refractivity contribution < 1.29 is 14.0 Å². The number of allylic oxidation sites excluding steroid dienone is 2. The van der Waals surface area contributed by atoms with Crippen molar-refractivity contribution in [2.45, 2.75) is 32.6 Å². The maximum atomic E-state index is 12.8. The van der Waals surface area contributed by atoms with Gasteiger partial charge in [0.1, 0.15) is 5.76 Å². The van der Waals surface area contributed by atoms with Crippen LogP contribution in [0.5, 0.6) is 0 Å². The van der Waals surface area contributed by atoms with Gasteiger partial charge in [-0.1, -0.05) is 25.5 Å². The summed E-state index contributed by atoms with van der Waals surface area (Å²) in [4.78, 5) is 31.6. The van der Waals surface area contributed by atoms with E-state index in [0.717, 1.165) is 38.0 Å². The number of rotatable bonds is 9. The first-order valence-electron chi connectivity index (χ1n) is 10.8. The van der Waals surface area contributed by atoms with E-state index < -0.39 is 0 Å². The van der Waals surface area contributed by atoms with E-state index in [0.29, 0.717) is 25.6 Å². The predicted molar refractivity (Wildman–Crippen MR) is 110 cm³/mol. The van der Waals surface area contributed by atoms with Gasteiger partial charge < -0.3 is 15.1 Å². The molecule has 1 saturated carbocycles. The molecule has 1 aromatic heterocycles. The Morgan fingerprint density at radius 3 is 2.55 bits per heavy atom. The lowest BCUT2D eigenvalue weighted by atomic mass is 9.85. The third kappa shape index (κ3) is 4.09. The van der Waals surface area contributed by atoms with Crippen LogP contribution in [-0.2, 0) is 16.0 Å². The van der Waals surface area contributed by atoms with Gasteiger partial charge in [-0.2, -0.15) is 0 Å². The van der Waals surface area contributed by atoms with Gasteiger partial charge in [0.25, 0.3) is 0 Å². The van der Waals surface area contributed by atoms with Gasteiger partial charge >= 0.3 is 0 Å². The van der Waals surface area contributed by atoms with Crippen LogP contribution in [0.2, 0.25) is 0 Å². The topological polar surface area (TPSA) is 86.9 Å². The van der Waals surface area contributed by atoms with Crippen molar-refractivity contribution >= 4 is 17.8 Å². The van der Waals surface area contributed by atoms with Gasteiger partial charge in [0.15, 0.2) is 5.96 Å². The number of nitrogens with one attached hydrogen (secondary N) is 2. The lowest BCUT2D eigenvalue weighted by molar-refractivity contribution is -0.140. The Balaban J connectivity index is 1.27. The van der Waals surface area contributed by atoms with Crippen LogP contribution in [0.25, 0.3) is 0 Å². The second-order valence-electron chi connectivity index (χ2n) is 8.09. The summed E-state index contributed by atoms with van der Waals surface area (Å²) in [5.74, 6) is 1.92. The van der Waals surface area contributed by atoms with Crippen molar-refractivity contribution in [2.24, 2.45) is 28.7 Å². The smallest absolute Gasteiger partial charge is 0.233 e. The number of unbranched alkanes of at least 4 members (excludes halogenated alkanes) is 1. The zero-order chi connectivity index (χ0) is 20.2. The van der Waals surface area contributed by atoms with Crippen LogP contribution >= 0.6 is 0 Å². The molecule has 4 unspecified atom stereocenters. The molecule has 2 heterocycles. The molecule has 1 aliphatic heterocycles. The van der Waals surface area contributed by atoms with Crippen molar-refractivity contribution in [1.29, 1.82) is 0 Å². The number of fused-ring (bicyclic) bond motifs is 5. The Labute approximate surface area is 171 Å². The minimum Gasteiger partial charge on any atom is -0.469 e. The van der Waals surface area contributed by atoms with E-state index >= 15 is 0 Å². The van der Waals surface area contributed by atoms with Crippen molar-refractivity contribution in [1.82, 2.24) is 15.5 Å². The normalized spacial score (nSPS) is 27.8. The minimum atomic E-state index is -0.124. The molecule has 29 heavy (non-hydrogen) atoms. The summed E-state index contributed by atoms with van der Waals surface area (Å²) in [6, 6.07) is 3.83. The summed E-state index contributed by atoms with van der Waals surface area (Å²) in [5, 5.41) is 6.59. The standard InChI is InChI=1S/C22H30N4O3/c1-2-3-9-23-22(24-10-8-17-5-4-13-29-17)25-11-12-26-20(27)18-15-6-7-16(14-15)19(18)21(26)28/h4-7,13,15-16,18-19H,2-3,8-12,14H2,1H3,(H2,23,24,25). The van der Waals surface area contributed by atoms with Gasteiger partial charge in [-0.3, -0.25) is 19.5 Å². The van der Waals surface area contributed by atoms with E-state index in [-0.39, 0.29) is 35.5 Å². The molecule has 2 aliphatic carbocycles. The lowest BCUT2D eigenvalue weighted by Gasteiger charge is -2.19. The molecular weight excluding hydrogens is 368 g/mol. The van der Waals surface area contributed by atoms with Crippen LogP contribution in [-0.4, -0.2) is 48.9 Å². The average molecular weight is 399 g/mol. The van der Waals surface area contributed by atoms with E-state index in [2.05, 4.69) is 34.7 Å². The number of aliphatic imine (C=N–C) groups is 1. The highest BCUT2D eigenvalue weighted by molar-refractivity contribution is 6.06. The van der Waals surface area contributed by atoms with Crippen molar-refractivity contribution in [2.75, 3.05) is 26.2 Å². The van der Waals surface area contributed by atoms with Gasteiger partial charge in [0.05, 0.1) is 18.1 Å². The molecule has 7 nitrogen and oxygen atoms in total.